The second-order valence-corrected chi connectivity index (χ2v) is 5.82. The molecule has 2 aromatic rings. The van der Waals surface area contributed by atoms with Crippen LogP contribution >= 0.6 is 11.8 Å². The molecule has 0 atom stereocenters. The Kier molecular flexibility index (Phi) is 4.29. The van der Waals surface area contributed by atoms with Crippen molar-refractivity contribution in [1.82, 2.24) is 4.98 Å². The Bertz CT molecular complexity index is 764. The normalized spacial score (nSPS) is 10.2. The van der Waals surface area contributed by atoms with Crippen LogP contribution in [-0.4, -0.2) is 16.1 Å². The van der Waals surface area contributed by atoms with Crippen molar-refractivity contribution in [2.24, 2.45) is 0 Å². The van der Waals surface area contributed by atoms with Gasteiger partial charge in [-0.15, -0.1) is 0 Å². The van der Waals surface area contributed by atoms with Gasteiger partial charge in [-0.25, -0.2) is 9.78 Å². The van der Waals surface area contributed by atoms with Gasteiger partial charge in [0.15, 0.2) is 0 Å². The first kappa shape index (κ1) is 15.1. The summed E-state index contributed by atoms with van der Waals surface area (Å²) in [5.41, 5.74) is 3.21. The Morgan fingerprint density at radius 2 is 1.95 bits per heavy atom. The highest BCUT2D eigenvalue weighted by Crippen LogP contribution is 2.31. The number of carbonyl (C=O) groups is 1. The lowest BCUT2D eigenvalue weighted by atomic mass is 10.1. The summed E-state index contributed by atoms with van der Waals surface area (Å²) in [6.07, 6.45) is 0. The molecule has 0 unspecified atom stereocenters. The maximum Gasteiger partial charge on any atom is 0.335 e. The van der Waals surface area contributed by atoms with Gasteiger partial charge in [-0.1, -0.05) is 17.8 Å². The lowest BCUT2D eigenvalue weighted by molar-refractivity contribution is 0.0696. The summed E-state index contributed by atoms with van der Waals surface area (Å²) >= 11 is 1.31. The zero-order valence-corrected chi connectivity index (χ0v) is 12.8. The van der Waals surface area contributed by atoms with E-state index in [9.17, 15) is 10.1 Å². The Hall–Kier alpha value is -2.32. The number of aryl methyl sites for hydroxylation is 3. The lowest BCUT2D eigenvalue weighted by Crippen LogP contribution is -2.00. The zero-order chi connectivity index (χ0) is 15.6. The van der Waals surface area contributed by atoms with E-state index in [0.29, 0.717) is 16.2 Å². The van der Waals surface area contributed by atoms with E-state index in [1.54, 1.807) is 19.1 Å². The predicted molar refractivity (Wildman–Crippen MR) is 80.7 cm³/mol. The summed E-state index contributed by atoms with van der Waals surface area (Å²) in [5, 5.41) is 19.0. The van der Waals surface area contributed by atoms with Crippen LogP contribution in [0.3, 0.4) is 0 Å². The fourth-order valence-corrected chi connectivity index (χ4v) is 3.05. The van der Waals surface area contributed by atoms with Crippen LogP contribution in [0.4, 0.5) is 0 Å². The molecule has 1 aromatic heterocycles. The first-order valence-electron chi connectivity index (χ1n) is 6.32. The van der Waals surface area contributed by atoms with Crippen molar-refractivity contribution in [2.45, 2.75) is 30.7 Å². The van der Waals surface area contributed by atoms with Gasteiger partial charge >= 0.3 is 5.97 Å². The van der Waals surface area contributed by atoms with Crippen molar-refractivity contribution in [3.8, 4) is 6.07 Å². The molecular formula is C16H14N2O2S. The molecule has 5 heteroatoms. The minimum absolute atomic E-state index is 0.267. The Balaban J connectivity index is 2.46. The third kappa shape index (κ3) is 3.23. The van der Waals surface area contributed by atoms with Crippen molar-refractivity contribution < 1.29 is 9.90 Å². The van der Waals surface area contributed by atoms with Gasteiger partial charge in [-0.2, -0.15) is 5.26 Å². The van der Waals surface area contributed by atoms with Gasteiger partial charge < -0.3 is 5.11 Å². The smallest absolute Gasteiger partial charge is 0.335 e. The molecule has 2 rings (SSSR count). The van der Waals surface area contributed by atoms with Gasteiger partial charge in [0.2, 0.25) is 0 Å². The van der Waals surface area contributed by atoms with Gasteiger partial charge in [-0.05, 0) is 50.1 Å². The number of nitrogens with zero attached hydrogens (tertiary/aromatic N) is 2. The molecule has 0 spiro atoms. The average Bonchev–Trinajstić information content (AvgIpc) is 2.40. The fraction of sp³-hybridized carbons (Fsp3) is 0.188. The quantitative estimate of drug-likeness (QED) is 0.934. The van der Waals surface area contributed by atoms with Crippen LogP contribution in [0.15, 0.2) is 34.2 Å². The Morgan fingerprint density at radius 1 is 1.24 bits per heavy atom. The van der Waals surface area contributed by atoms with Gasteiger partial charge in [0.05, 0.1) is 11.1 Å². The molecule has 1 N–H and O–H groups in total. The van der Waals surface area contributed by atoms with Crippen molar-refractivity contribution >= 4 is 17.7 Å². The second-order valence-electron chi connectivity index (χ2n) is 4.76. The molecule has 0 aliphatic heterocycles. The molecule has 0 saturated carbocycles. The number of aromatic carboxylic acids is 1. The van der Waals surface area contributed by atoms with E-state index < -0.39 is 5.97 Å². The summed E-state index contributed by atoms with van der Waals surface area (Å²) in [5.74, 6) is -0.955. The maximum absolute atomic E-state index is 11.2. The SMILES string of the molecule is Cc1cc(C)c(C#N)c(Sc2ccc(C)c(C(=O)O)c2)n1. The van der Waals surface area contributed by atoms with Crippen molar-refractivity contribution in [1.29, 1.82) is 5.26 Å². The fourth-order valence-electron chi connectivity index (χ4n) is 2.02. The van der Waals surface area contributed by atoms with Crippen LogP contribution in [0, 0.1) is 32.1 Å². The molecular weight excluding hydrogens is 284 g/mol. The highest BCUT2D eigenvalue weighted by Gasteiger charge is 2.13. The zero-order valence-electron chi connectivity index (χ0n) is 12.0. The predicted octanol–water partition coefficient (Wildman–Crippen LogP) is 3.73. The Morgan fingerprint density at radius 3 is 2.57 bits per heavy atom. The number of aromatic nitrogens is 1. The largest absolute Gasteiger partial charge is 0.478 e. The van der Waals surface area contributed by atoms with Crippen LogP contribution in [-0.2, 0) is 0 Å². The molecule has 0 saturated heterocycles. The standard InChI is InChI=1S/C16H14N2O2S/c1-9-4-5-12(7-13(9)16(19)20)21-15-14(8-17)10(2)6-11(3)18-15/h4-7H,1-3H3,(H,19,20). The third-order valence-corrected chi connectivity index (χ3v) is 4.06. The van der Waals surface area contributed by atoms with E-state index in [1.165, 1.54) is 11.8 Å². The van der Waals surface area contributed by atoms with Gasteiger partial charge in [0.1, 0.15) is 11.1 Å². The van der Waals surface area contributed by atoms with E-state index in [-0.39, 0.29) is 5.56 Å². The second kappa shape index (κ2) is 5.98. The third-order valence-electron chi connectivity index (χ3n) is 3.08. The monoisotopic (exact) mass is 298 g/mol. The summed E-state index contributed by atoms with van der Waals surface area (Å²) in [4.78, 5) is 16.3. The van der Waals surface area contributed by atoms with Gasteiger partial charge in [0, 0.05) is 10.6 Å². The molecule has 0 bridgehead atoms. The van der Waals surface area contributed by atoms with Crippen LogP contribution in [0.25, 0.3) is 0 Å². The molecule has 0 fully saturated rings. The van der Waals surface area contributed by atoms with Crippen LogP contribution in [0.2, 0.25) is 0 Å². The molecule has 0 aliphatic rings. The summed E-state index contributed by atoms with van der Waals surface area (Å²) in [7, 11) is 0. The molecule has 21 heavy (non-hydrogen) atoms. The number of pyridine rings is 1. The molecule has 0 radical (unpaired) electrons. The molecule has 0 aliphatic carbocycles. The Labute approximate surface area is 127 Å². The number of nitriles is 1. The average molecular weight is 298 g/mol. The van der Waals surface area contributed by atoms with E-state index >= 15 is 0 Å². The number of carboxylic acids is 1. The van der Waals surface area contributed by atoms with Crippen LogP contribution in [0.5, 0.6) is 0 Å². The first-order chi connectivity index (χ1) is 9.92. The first-order valence-corrected chi connectivity index (χ1v) is 7.14. The highest BCUT2D eigenvalue weighted by atomic mass is 32.2. The summed E-state index contributed by atoms with van der Waals surface area (Å²) in [6, 6.07) is 9.24. The highest BCUT2D eigenvalue weighted by molar-refractivity contribution is 7.99. The summed E-state index contributed by atoms with van der Waals surface area (Å²) < 4.78 is 0. The molecule has 4 nitrogen and oxygen atoms in total. The van der Waals surface area contributed by atoms with Crippen molar-refractivity contribution in [3.63, 3.8) is 0 Å². The van der Waals surface area contributed by atoms with Crippen molar-refractivity contribution in [3.05, 3.63) is 52.2 Å². The van der Waals surface area contributed by atoms with E-state index in [2.05, 4.69) is 11.1 Å². The number of benzene rings is 1. The lowest BCUT2D eigenvalue weighted by Gasteiger charge is -2.08. The van der Waals surface area contributed by atoms with Crippen LogP contribution < -0.4 is 0 Å². The topological polar surface area (TPSA) is 74.0 Å². The molecule has 1 heterocycles. The molecule has 1 aromatic carbocycles. The number of hydrogen-bond donors (Lipinski definition) is 1. The van der Waals surface area contributed by atoms with Gasteiger partial charge in [-0.3, -0.25) is 0 Å². The van der Waals surface area contributed by atoms with E-state index in [1.807, 2.05) is 26.0 Å². The van der Waals surface area contributed by atoms with E-state index in [4.69, 9.17) is 5.11 Å². The number of hydrogen-bond acceptors (Lipinski definition) is 4. The van der Waals surface area contributed by atoms with Crippen LogP contribution in [0.1, 0.15) is 32.7 Å². The number of rotatable bonds is 3. The molecule has 0 amide bonds. The summed E-state index contributed by atoms with van der Waals surface area (Å²) in [6.45, 7) is 5.50. The maximum atomic E-state index is 11.2. The minimum atomic E-state index is -0.955. The van der Waals surface area contributed by atoms with Crippen molar-refractivity contribution in [2.75, 3.05) is 0 Å². The van der Waals surface area contributed by atoms with E-state index in [0.717, 1.165) is 16.2 Å². The van der Waals surface area contributed by atoms with Gasteiger partial charge in [0.25, 0.3) is 0 Å². The minimum Gasteiger partial charge on any atom is -0.478 e. The number of carboxylic acid groups (broad SMARTS) is 1. The molecule has 106 valence electrons.